The highest BCUT2D eigenvalue weighted by molar-refractivity contribution is 9.10. The van der Waals surface area contributed by atoms with Gasteiger partial charge in [0.2, 0.25) is 0 Å². The van der Waals surface area contributed by atoms with E-state index < -0.39 is 4.83 Å². The first-order valence-corrected chi connectivity index (χ1v) is 3.12. The van der Waals surface area contributed by atoms with Crippen molar-refractivity contribution in [2.45, 2.75) is 18.7 Å². The largest absolute Gasteiger partial charge is 0.298 e. The number of carbonyl (C=O) groups excluding carboxylic acids is 2. The van der Waals surface area contributed by atoms with E-state index in [-0.39, 0.29) is 11.6 Å². The van der Waals surface area contributed by atoms with Crippen LogP contribution in [0, 0.1) is 0 Å². The Morgan fingerprint density at radius 3 is 1.50 bits per heavy atom. The van der Waals surface area contributed by atoms with Gasteiger partial charge in [0, 0.05) is 0 Å². The van der Waals surface area contributed by atoms with Gasteiger partial charge in [-0.3, -0.25) is 9.59 Å². The second-order valence-electron chi connectivity index (χ2n) is 1.58. The fourth-order valence-electron chi connectivity index (χ4n) is 0.286. The van der Waals surface area contributed by atoms with Gasteiger partial charge in [0.1, 0.15) is 4.83 Å². The van der Waals surface area contributed by atoms with E-state index in [9.17, 15) is 9.59 Å². The smallest absolute Gasteiger partial charge is 0.150 e. The lowest BCUT2D eigenvalue weighted by molar-refractivity contribution is -0.123. The molecule has 0 fully saturated rings. The van der Waals surface area contributed by atoms with Gasteiger partial charge < -0.3 is 0 Å². The van der Waals surface area contributed by atoms with E-state index in [1.807, 2.05) is 0 Å². The Morgan fingerprint density at radius 1 is 1.25 bits per heavy atom. The number of carbonyl (C=O) groups is 2. The van der Waals surface area contributed by atoms with Crippen molar-refractivity contribution in [1.82, 2.24) is 0 Å². The summed E-state index contributed by atoms with van der Waals surface area (Å²) in [5, 5.41) is 0. The Kier molecular flexibility index (Phi) is 2.90. The molecule has 0 bridgehead atoms. The first-order valence-electron chi connectivity index (χ1n) is 2.20. The summed E-state index contributed by atoms with van der Waals surface area (Å²) in [6, 6.07) is 0. The number of rotatable bonds is 2. The molecule has 0 aliphatic rings. The summed E-state index contributed by atoms with van der Waals surface area (Å²) >= 11 is 2.91. The van der Waals surface area contributed by atoms with Crippen molar-refractivity contribution in [3.05, 3.63) is 0 Å². The lowest BCUT2D eigenvalue weighted by Crippen LogP contribution is -2.17. The van der Waals surface area contributed by atoms with Crippen LogP contribution in [0.4, 0.5) is 0 Å². The molecule has 8 heavy (non-hydrogen) atoms. The lowest BCUT2D eigenvalue weighted by atomic mass is 10.2. The van der Waals surface area contributed by atoms with E-state index in [1.54, 1.807) is 0 Å². The van der Waals surface area contributed by atoms with Gasteiger partial charge >= 0.3 is 0 Å². The monoisotopic (exact) mass is 178 g/mol. The molecule has 2 nitrogen and oxygen atoms in total. The molecule has 0 radical (unpaired) electrons. The molecule has 3 heteroatoms. The zero-order chi connectivity index (χ0) is 6.73. The molecule has 0 heterocycles. The van der Waals surface area contributed by atoms with Crippen LogP contribution in [-0.4, -0.2) is 16.4 Å². The van der Waals surface area contributed by atoms with Gasteiger partial charge in [-0.05, 0) is 13.8 Å². The number of ketones is 2. The highest BCUT2D eigenvalue weighted by Crippen LogP contribution is 2.00. The normalized spacial score (nSPS) is 9.50. The highest BCUT2D eigenvalue weighted by Gasteiger charge is 2.13. The minimum atomic E-state index is -0.595. The summed E-state index contributed by atoms with van der Waals surface area (Å²) in [5.41, 5.74) is 0. The standard InChI is InChI=1S/C5H7BrO2/c1-3(7)5(6)4(2)8/h5H,1-2H3. The maximum atomic E-state index is 10.3. The lowest BCUT2D eigenvalue weighted by Gasteiger charge is -1.95. The van der Waals surface area contributed by atoms with E-state index in [2.05, 4.69) is 15.9 Å². The van der Waals surface area contributed by atoms with Crippen LogP contribution in [0.15, 0.2) is 0 Å². The molecular weight excluding hydrogens is 172 g/mol. The molecule has 0 amide bonds. The van der Waals surface area contributed by atoms with Crippen molar-refractivity contribution in [2.24, 2.45) is 0 Å². The van der Waals surface area contributed by atoms with Crippen LogP contribution in [-0.2, 0) is 9.59 Å². The van der Waals surface area contributed by atoms with Crippen molar-refractivity contribution in [3.63, 3.8) is 0 Å². The van der Waals surface area contributed by atoms with Crippen molar-refractivity contribution in [1.29, 1.82) is 0 Å². The van der Waals surface area contributed by atoms with Gasteiger partial charge in [0.25, 0.3) is 0 Å². The van der Waals surface area contributed by atoms with Crippen molar-refractivity contribution in [2.75, 3.05) is 0 Å². The van der Waals surface area contributed by atoms with E-state index in [0.717, 1.165) is 0 Å². The summed E-state index contributed by atoms with van der Waals surface area (Å²) in [5.74, 6) is -0.282. The van der Waals surface area contributed by atoms with Gasteiger partial charge in [0.05, 0.1) is 0 Å². The fourth-order valence-corrected chi connectivity index (χ4v) is 0.286. The SMILES string of the molecule is CC(=O)C(Br)C(C)=O. The van der Waals surface area contributed by atoms with Crippen LogP contribution < -0.4 is 0 Å². The Bertz CT molecular complexity index is 106. The molecule has 0 N–H and O–H groups in total. The summed E-state index contributed by atoms with van der Waals surface area (Å²) in [7, 11) is 0. The summed E-state index contributed by atoms with van der Waals surface area (Å²) in [6.07, 6.45) is 0. The predicted molar refractivity (Wildman–Crippen MR) is 34.1 cm³/mol. The van der Waals surface area contributed by atoms with Gasteiger partial charge in [-0.1, -0.05) is 15.9 Å². The van der Waals surface area contributed by atoms with Gasteiger partial charge in [-0.2, -0.15) is 0 Å². The summed E-state index contributed by atoms with van der Waals surface area (Å²) < 4.78 is 0. The Morgan fingerprint density at radius 2 is 1.50 bits per heavy atom. The van der Waals surface area contributed by atoms with E-state index in [4.69, 9.17) is 0 Å². The molecule has 0 spiro atoms. The van der Waals surface area contributed by atoms with Crippen molar-refractivity contribution < 1.29 is 9.59 Å². The molecule has 0 rings (SSSR count). The number of Topliss-reactive ketones (excluding diaryl/α,β-unsaturated/α-hetero) is 2. The second kappa shape index (κ2) is 2.97. The minimum Gasteiger partial charge on any atom is -0.298 e. The molecule has 0 aromatic heterocycles. The zero-order valence-corrected chi connectivity index (χ0v) is 6.36. The zero-order valence-electron chi connectivity index (χ0n) is 4.77. The first-order chi connectivity index (χ1) is 3.55. The second-order valence-corrected chi connectivity index (χ2v) is 2.50. The van der Waals surface area contributed by atoms with Crippen LogP contribution >= 0.6 is 15.9 Å². The predicted octanol–water partition coefficient (Wildman–Crippen LogP) is 0.928. The third kappa shape index (κ3) is 2.21. The Hall–Kier alpha value is -0.180. The summed E-state index contributed by atoms with van der Waals surface area (Å²) in [6.45, 7) is 2.75. The molecular formula is C5H7BrO2. The Labute approximate surface area is 56.4 Å². The van der Waals surface area contributed by atoms with Gasteiger partial charge in [-0.15, -0.1) is 0 Å². The third-order valence-corrected chi connectivity index (χ3v) is 2.00. The maximum absolute atomic E-state index is 10.3. The number of halogens is 1. The third-order valence-electron chi connectivity index (χ3n) is 0.714. The quantitative estimate of drug-likeness (QED) is 0.466. The summed E-state index contributed by atoms with van der Waals surface area (Å²) in [4.78, 5) is 20.0. The van der Waals surface area contributed by atoms with Gasteiger partial charge in [0.15, 0.2) is 11.6 Å². The maximum Gasteiger partial charge on any atom is 0.150 e. The molecule has 0 aliphatic heterocycles. The van der Waals surface area contributed by atoms with E-state index in [1.165, 1.54) is 13.8 Å². The topological polar surface area (TPSA) is 34.1 Å². The number of alkyl halides is 1. The van der Waals surface area contributed by atoms with Gasteiger partial charge in [-0.25, -0.2) is 0 Å². The average molecular weight is 179 g/mol. The molecule has 46 valence electrons. The van der Waals surface area contributed by atoms with Crippen molar-refractivity contribution >= 4 is 27.5 Å². The van der Waals surface area contributed by atoms with E-state index in [0.29, 0.717) is 0 Å². The van der Waals surface area contributed by atoms with Crippen LogP contribution in [0.1, 0.15) is 13.8 Å². The van der Waals surface area contributed by atoms with E-state index >= 15 is 0 Å². The molecule has 0 unspecified atom stereocenters. The molecule has 0 aliphatic carbocycles. The molecule has 0 saturated carbocycles. The number of hydrogen-bond acceptors (Lipinski definition) is 2. The molecule has 0 aromatic rings. The fraction of sp³-hybridized carbons (Fsp3) is 0.600. The van der Waals surface area contributed by atoms with Crippen molar-refractivity contribution in [3.8, 4) is 0 Å². The Balaban J connectivity index is 3.83. The minimum absolute atomic E-state index is 0.141. The molecule has 0 atom stereocenters. The first kappa shape index (κ1) is 7.82. The van der Waals surface area contributed by atoms with Crippen LogP contribution in [0.25, 0.3) is 0 Å². The van der Waals surface area contributed by atoms with Crippen LogP contribution in [0.3, 0.4) is 0 Å². The van der Waals surface area contributed by atoms with Crippen LogP contribution in [0.5, 0.6) is 0 Å². The molecule has 0 saturated heterocycles. The molecule has 0 aromatic carbocycles. The highest BCUT2D eigenvalue weighted by atomic mass is 79.9. The van der Waals surface area contributed by atoms with Crippen LogP contribution in [0.2, 0.25) is 0 Å². The average Bonchev–Trinajstić information content (AvgIpc) is 1.64. The number of hydrogen-bond donors (Lipinski definition) is 0.